The van der Waals surface area contributed by atoms with E-state index in [1.807, 2.05) is 0 Å². The minimum absolute atomic E-state index is 0.307. The summed E-state index contributed by atoms with van der Waals surface area (Å²) in [6.45, 7) is 26.1. The van der Waals surface area contributed by atoms with Crippen LogP contribution in [0.3, 0.4) is 0 Å². The first-order valence-corrected chi connectivity index (χ1v) is 19.4. The minimum Gasteiger partial charge on any atom is -0.457 e. The van der Waals surface area contributed by atoms with Gasteiger partial charge in [-0.15, -0.1) is 0 Å². The Kier molecular flexibility index (Phi) is 9.51. The lowest BCUT2D eigenvalue weighted by atomic mass is 10.2. The third-order valence-corrected chi connectivity index (χ3v) is 16.8. The minimum atomic E-state index is -1.97. The van der Waals surface area contributed by atoms with Crippen molar-refractivity contribution >= 4 is 52.7 Å². The molecule has 166 valence electrons. The standard InChI is InChI=1S/C22H45NO2Si4/c1-12-15-23-17-18-16-19(28(8,9)24-26-21(2,3)4)13-14-20(18)29(10,11)25-27-22(5,6)7/h13-14,16-17H,12,15,26-27H2,1-11H3. The van der Waals surface area contributed by atoms with E-state index in [0.29, 0.717) is 10.1 Å². The number of rotatable bonds is 9. The summed E-state index contributed by atoms with van der Waals surface area (Å²) in [5.41, 5.74) is 1.25. The van der Waals surface area contributed by atoms with Crippen LogP contribution in [-0.4, -0.2) is 48.9 Å². The van der Waals surface area contributed by atoms with Gasteiger partial charge in [0.15, 0.2) is 19.5 Å². The van der Waals surface area contributed by atoms with Crippen LogP contribution in [0.4, 0.5) is 0 Å². The van der Waals surface area contributed by atoms with Crippen LogP contribution in [0.15, 0.2) is 23.2 Å². The average molecular weight is 468 g/mol. The first-order chi connectivity index (χ1) is 13.1. The monoisotopic (exact) mass is 467 g/mol. The molecule has 0 fully saturated rings. The van der Waals surface area contributed by atoms with Gasteiger partial charge in [-0.2, -0.15) is 0 Å². The van der Waals surface area contributed by atoms with E-state index in [0.717, 1.165) is 13.0 Å². The van der Waals surface area contributed by atoms with Gasteiger partial charge in [0, 0.05) is 12.8 Å². The van der Waals surface area contributed by atoms with Gasteiger partial charge in [-0.3, -0.25) is 4.99 Å². The molecule has 3 nitrogen and oxygen atoms in total. The van der Waals surface area contributed by atoms with Crippen molar-refractivity contribution in [1.82, 2.24) is 0 Å². The molecule has 7 heteroatoms. The Morgan fingerprint density at radius 1 is 0.897 bits per heavy atom. The van der Waals surface area contributed by atoms with Crippen LogP contribution in [0.25, 0.3) is 0 Å². The van der Waals surface area contributed by atoms with Gasteiger partial charge in [0.25, 0.3) is 0 Å². The van der Waals surface area contributed by atoms with E-state index in [-0.39, 0.29) is 0 Å². The van der Waals surface area contributed by atoms with Gasteiger partial charge in [-0.25, -0.2) is 0 Å². The maximum absolute atomic E-state index is 6.65. The van der Waals surface area contributed by atoms with Crippen molar-refractivity contribution in [3.8, 4) is 0 Å². The summed E-state index contributed by atoms with van der Waals surface area (Å²) in [6.07, 6.45) is 3.16. The number of hydrogen-bond donors (Lipinski definition) is 0. The molecular weight excluding hydrogens is 423 g/mol. The predicted molar refractivity (Wildman–Crippen MR) is 142 cm³/mol. The molecule has 0 saturated carbocycles. The zero-order valence-electron chi connectivity index (χ0n) is 20.9. The van der Waals surface area contributed by atoms with E-state index in [1.165, 1.54) is 15.9 Å². The first-order valence-electron chi connectivity index (χ1n) is 11.0. The summed E-state index contributed by atoms with van der Waals surface area (Å²) >= 11 is 0. The first kappa shape index (κ1) is 26.7. The summed E-state index contributed by atoms with van der Waals surface area (Å²) in [5.74, 6) is 0. The molecule has 0 radical (unpaired) electrons. The number of aliphatic imine (C=N–C) groups is 1. The molecular formula is C22H45NO2Si4. The van der Waals surface area contributed by atoms with Crippen molar-refractivity contribution in [2.75, 3.05) is 6.54 Å². The zero-order valence-corrected chi connectivity index (χ0v) is 25.7. The summed E-state index contributed by atoms with van der Waals surface area (Å²) in [7, 11) is -5.05. The topological polar surface area (TPSA) is 30.8 Å². The lowest BCUT2D eigenvalue weighted by molar-refractivity contribution is 0.549. The highest BCUT2D eigenvalue weighted by molar-refractivity contribution is 6.89. The molecule has 0 spiro atoms. The quantitative estimate of drug-likeness (QED) is 0.406. The maximum Gasteiger partial charge on any atom is 0.206 e. The fourth-order valence-electron chi connectivity index (χ4n) is 2.84. The van der Waals surface area contributed by atoms with Crippen molar-refractivity contribution < 1.29 is 8.23 Å². The third kappa shape index (κ3) is 9.57. The van der Waals surface area contributed by atoms with Crippen LogP contribution < -0.4 is 10.4 Å². The lowest BCUT2D eigenvalue weighted by Crippen LogP contribution is -2.51. The van der Waals surface area contributed by atoms with Gasteiger partial charge in [0.05, 0.1) is 0 Å². The van der Waals surface area contributed by atoms with Crippen molar-refractivity contribution in [1.29, 1.82) is 0 Å². The van der Waals surface area contributed by atoms with Crippen LogP contribution in [0.2, 0.25) is 36.3 Å². The van der Waals surface area contributed by atoms with Crippen LogP contribution in [0, 0.1) is 0 Å². The van der Waals surface area contributed by atoms with Crippen molar-refractivity contribution in [2.45, 2.75) is 91.2 Å². The molecule has 0 bridgehead atoms. The van der Waals surface area contributed by atoms with E-state index in [9.17, 15) is 0 Å². The largest absolute Gasteiger partial charge is 0.457 e. The molecule has 0 unspecified atom stereocenters. The second-order valence-electron chi connectivity index (χ2n) is 11.6. The molecule has 0 aromatic heterocycles. The molecule has 1 aromatic rings. The molecule has 29 heavy (non-hydrogen) atoms. The van der Waals surface area contributed by atoms with E-state index in [4.69, 9.17) is 8.23 Å². The summed E-state index contributed by atoms with van der Waals surface area (Å²) in [5, 5.41) is 3.36. The Hall–Kier alpha value is -0.322. The molecule has 0 atom stereocenters. The van der Waals surface area contributed by atoms with Crippen LogP contribution in [0.1, 0.15) is 60.5 Å². The Labute approximate surface area is 187 Å². The third-order valence-electron chi connectivity index (χ3n) is 4.71. The maximum atomic E-state index is 6.65. The Balaban J connectivity index is 3.27. The van der Waals surface area contributed by atoms with Crippen LogP contribution in [0.5, 0.6) is 0 Å². The van der Waals surface area contributed by atoms with Gasteiger partial charge in [0.1, 0.15) is 0 Å². The highest BCUT2D eigenvalue weighted by Crippen LogP contribution is 2.24. The molecule has 0 aliphatic carbocycles. The Morgan fingerprint density at radius 2 is 1.41 bits per heavy atom. The molecule has 0 N–H and O–H groups in total. The number of hydrogen-bond acceptors (Lipinski definition) is 3. The van der Waals surface area contributed by atoms with Gasteiger partial charge < -0.3 is 8.23 Å². The summed E-state index contributed by atoms with van der Waals surface area (Å²) in [4.78, 5) is 4.69. The zero-order chi connectivity index (χ0) is 22.5. The van der Waals surface area contributed by atoms with E-state index >= 15 is 0 Å². The highest BCUT2D eigenvalue weighted by atomic mass is 28.4. The lowest BCUT2D eigenvalue weighted by Gasteiger charge is -2.32. The second kappa shape index (κ2) is 10.3. The SMILES string of the molecule is CCCN=Cc1cc([Si](C)(C)O[SiH2]C(C)(C)C)ccc1[Si](C)(C)O[SiH2]C(C)(C)C. The Morgan fingerprint density at radius 3 is 1.90 bits per heavy atom. The van der Waals surface area contributed by atoms with Crippen LogP contribution >= 0.6 is 0 Å². The van der Waals surface area contributed by atoms with Gasteiger partial charge >= 0.3 is 0 Å². The van der Waals surface area contributed by atoms with Crippen molar-refractivity contribution in [2.24, 2.45) is 4.99 Å². The van der Waals surface area contributed by atoms with Gasteiger partial charge in [-0.05, 0) is 58.6 Å². The van der Waals surface area contributed by atoms with E-state index in [1.54, 1.807) is 0 Å². The second-order valence-corrected chi connectivity index (χ2v) is 25.8. The van der Waals surface area contributed by atoms with E-state index in [2.05, 4.69) is 104 Å². The molecule has 1 rings (SSSR count). The summed E-state index contributed by atoms with van der Waals surface area (Å²) in [6, 6.07) is 6.99. The average Bonchev–Trinajstić information content (AvgIpc) is 2.57. The van der Waals surface area contributed by atoms with Crippen LogP contribution in [-0.2, 0) is 8.23 Å². The smallest absolute Gasteiger partial charge is 0.206 e. The van der Waals surface area contributed by atoms with Crippen molar-refractivity contribution in [3.05, 3.63) is 23.8 Å². The molecule has 0 aliphatic rings. The predicted octanol–water partition coefficient (Wildman–Crippen LogP) is 3.98. The normalized spacial score (nSPS) is 14.9. The molecule has 0 saturated heterocycles. The number of nitrogens with zero attached hydrogens (tertiary/aromatic N) is 1. The molecule has 0 amide bonds. The fourth-order valence-corrected chi connectivity index (χ4v) is 12.8. The van der Waals surface area contributed by atoms with E-state index < -0.39 is 36.2 Å². The fraction of sp³-hybridized carbons (Fsp3) is 0.682. The number of benzene rings is 1. The highest BCUT2D eigenvalue weighted by Gasteiger charge is 2.32. The molecule has 0 heterocycles. The molecule has 1 aromatic carbocycles. The van der Waals surface area contributed by atoms with Gasteiger partial charge in [-0.1, -0.05) is 66.7 Å². The summed E-state index contributed by atoms with van der Waals surface area (Å²) < 4.78 is 13.2. The Bertz CT molecular complexity index is 689. The van der Waals surface area contributed by atoms with Crippen molar-refractivity contribution in [3.63, 3.8) is 0 Å². The molecule has 0 aliphatic heterocycles. The van der Waals surface area contributed by atoms with Gasteiger partial charge in [0.2, 0.25) is 16.6 Å².